The molecule has 1 heterocycles. The van der Waals surface area contributed by atoms with Gasteiger partial charge in [0.05, 0.1) is 6.54 Å². The van der Waals surface area contributed by atoms with Crippen LogP contribution in [0, 0.1) is 5.92 Å². The summed E-state index contributed by atoms with van der Waals surface area (Å²) >= 11 is 0. The van der Waals surface area contributed by atoms with Crippen LogP contribution in [0.4, 0.5) is 4.79 Å². The molecule has 0 bridgehead atoms. The second kappa shape index (κ2) is 7.31. The number of amides is 2. The highest BCUT2D eigenvalue weighted by atomic mass is 16.6. The Labute approximate surface area is 132 Å². The molecule has 2 fully saturated rings. The molecule has 6 nitrogen and oxygen atoms in total. The maximum atomic E-state index is 11.8. The van der Waals surface area contributed by atoms with E-state index < -0.39 is 5.60 Å². The Hall–Kier alpha value is -1.30. The predicted octanol–water partition coefficient (Wildman–Crippen LogP) is 1.50. The highest BCUT2D eigenvalue weighted by Crippen LogP contribution is 2.27. The molecule has 1 aliphatic heterocycles. The third-order valence-electron chi connectivity index (χ3n) is 3.96. The number of hydrogen-bond donors (Lipinski definition) is 2. The molecular weight excluding hydrogens is 282 g/mol. The minimum atomic E-state index is -0.468. The number of likely N-dealkylation sites (tertiary alicyclic amines) is 1. The van der Waals surface area contributed by atoms with Crippen molar-refractivity contribution in [2.45, 2.75) is 58.1 Å². The smallest absolute Gasteiger partial charge is 0.407 e. The summed E-state index contributed by atoms with van der Waals surface area (Å²) in [6.45, 7) is 8.52. The van der Waals surface area contributed by atoms with Crippen molar-refractivity contribution in [1.29, 1.82) is 0 Å². The second-order valence-electron chi connectivity index (χ2n) is 7.44. The van der Waals surface area contributed by atoms with Crippen LogP contribution < -0.4 is 10.6 Å². The van der Waals surface area contributed by atoms with E-state index in [0.29, 0.717) is 12.5 Å². The van der Waals surface area contributed by atoms with E-state index in [4.69, 9.17) is 4.74 Å². The van der Waals surface area contributed by atoms with Crippen LogP contribution in [0.3, 0.4) is 0 Å². The molecule has 0 aromatic carbocycles. The number of nitrogens with one attached hydrogen (secondary N) is 2. The maximum absolute atomic E-state index is 11.8. The molecule has 2 rings (SSSR count). The zero-order valence-corrected chi connectivity index (χ0v) is 14.0. The Morgan fingerprint density at radius 2 is 1.77 bits per heavy atom. The summed E-state index contributed by atoms with van der Waals surface area (Å²) in [4.78, 5) is 25.7. The third kappa shape index (κ3) is 6.64. The number of rotatable bonds is 5. The molecule has 22 heavy (non-hydrogen) atoms. The average Bonchev–Trinajstić information content (AvgIpc) is 3.20. The van der Waals surface area contributed by atoms with Crippen LogP contribution >= 0.6 is 0 Å². The number of piperidine rings is 1. The lowest BCUT2D eigenvalue weighted by molar-refractivity contribution is -0.122. The molecule has 2 amide bonds. The van der Waals surface area contributed by atoms with Gasteiger partial charge in [0, 0.05) is 25.7 Å². The normalized spacial score (nSPS) is 20.5. The van der Waals surface area contributed by atoms with Crippen molar-refractivity contribution in [2.75, 3.05) is 26.2 Å². The Balaban J connectivity index is 1.60. The molecule has 1 saturated heterocycles. The lowest BCUT2D eigenvalue weighted by Crippen LogP contribution is -2.48. The first-order chi connectivity index (χ1) is 10.3. The Morgan fingerprint density at radius 3 is 2.32 bits per heavy atom. The van der Waals surface area contributed by atoms with Crippen molar-refractivity contribution < 1.29 is 14.3 Å². The zero-order chi connectivity index (χ0) is 16.2. The Morgan fingerprint density at radius 1 is 1.14 bits per heavy atom. The van der Waals surface area contributed by atoms with E-state index in [1.54, 1.807) is 0 Å². The van der Waals surface area contributed by atoms with Crippen LogP contribution in [0.15, 0.2) is 0 Å². The van der Waals surface area contributed by atoms with Crippen molar-refractivity contribution in [3.63, 3.8) is 0 Å². The van der Waals surface area contributed by atoms with Crippen LogP contribution in [0.5, 0.6) is 0 Å². The van der Waals surface area contributed by atoms with Gasteiger partial charge in [-0.25, -0.2) is 4.79 Å². The van der Waals surface area contributed by atoms with Gasteiger partial charge in [-0.15, -0.1) is 0 Å². The molecule has 6 heteroatoms. The summed E-state index contributed by atoms with van der Waals surface area (Å²) < 4.78 is 5.26. The fourth-order valence-corrected chi connectivity index (χ4v) is 2.55. The number of alkyl carbamates (subject to hydrolysis) is 1. The number of hydrogen-bond acceptors (Lipinski definition) is 4. The quantitative estimate of drug-likeness (QED) is 0.807. The van der Waals surface area contributed by atoms with Crippen LogP contribution in [-0.4, -0.2) is 54.7 Å². The van der Waals surface area contributed by atoms with Gasteiger partial charge in [0.25, 0.3) is 0 Å². The van der Waals surface area contributed by atoms with Crippen molar-refractivity contribution in [3.8, 4) is 0 Å². The van der Waals surface area contributed by atoms with Crippen LogP contribution in [0.25, 0.3) is 0 Å². The van der Waals surface area contributed by atoms with Crippen LogP contribution in [0.1, 0.15) is 46.5 Å². The highest BCUT2D eigenvalue weighted by molar-refractivity contribution is 5.78. The van der Waals surface area contributed by atoms with E-state index in [-0.39, 0.29) is 18.0 Å². The summed E-state index contributed by atoms with van der Waals surface area (Å²) in [5, 5.41) is 5.90. The number of nitrogens with zero attached hydrogens (tertiary/aromatic N) is 1. The summed E-state index contributed by atoms with van der Waals surface area (Å²) in [5.41, 5.74) is -0.468. The standard InChI is InChI=1S/C16H29N3O3/c1-16(2,3)22-15(21)18-13-6-8-19(9-7-13)11-14(20)17-10-12-4-5-12/h12-13H,4-11H2,1-3H3,(H,17,20)(H,18,21). The molecule has 2 aliphatic rings. The van der Waals surface area contributed by atoms with Crippen molar-refractivity contribution >= 4 is 12.0 Å². The largest absolute Gasteiger partial charge is 0.444 e. The van der Waals surface area contributed by atoms with Gasteiger partial charge in [-0.3, -0.25) is 9.69 Å². The average molecular weight is 311 g/mol. The highest BCUT2D eigenvalue weighted by Gasteiger charge is 2.25. The summed E-state index contributed by atoms with van der Waals surface area (Å²) in [6.07, 6.45) is 3.86. The fourth-order valence-electron chi connectivity index (χ4n) is 2.55. The number of carbonyl (C=O) groups excluding carboxylic acids is 2. The van der Waals surface area contributed by atoms with Gasteiger partial charge in [-0.1, -0.05) is 0 Å². The minimum Gasteiger partial charge on any atom is -0.444 e. The van der Waals surface area contributed by atoms with E-state index in [1.807, 2.05) is 20.8 Å². The van der Waals surface area contributed by atoms with Crippen molar-refractivity contribution in [1.82, 2.24) is 15.5 Å². The fraction of sp³-hybridized carbons (Fsp3) is 0.875. The predicted molar refractivity (Wildman–Crippen MR) is 84.6 cm³/mol. The van der Waals surface area contributed by atoms with Gasteiger partial charge in [-0.2, -0.15) is 0 Å². The first-order valence-electron chi connectivity index (χ1n) is 8.30. The monoisotopic (exact) mass is 311 g/mol. The molecule has 0 spiro atoms. The molecule has 0 aromatic heterocycles. The van der Waals surface area contributed by atoms with E-state index in [0.717, 1.165) is 32.5 Å². The topological polar surface area (TPSA) is 70.7 Å². The Bertz CT molecular complexity index is 394. The van der Waals surface area contributed by atoms with E-state index in [1.165, 1.54) is 12.8 Å². The summed E-state index contributed by atoms with van der Waals surface area (Å²) in [6, 6.07) is 0.139. The SMILES string of the molecule is CC(C)(C)OC(=O)NC1CCN(CC(=O)NCC2CC2)CC1. The number of carbonyl (C=O) groups is 2. The first-order valence-corrected chi connectivity index (χ1v) is 8.30. The maximum Gasteiger partial charge on any atom is 0.407 e. The first kappa shape index (κ1) is 17.1. The van der Waals surface area contributed by atoms with E-state index >= 15 is 0 Å². The van der Waals surface area contributed by atoms with Gasteiger partial charge in [0.2, 0.25) is 5.91 Å². The molecule has 0 unspecified atom stereocenters. The minimum absolute atomic E-state index is 0.116. The van der Waals surface area contributed by atoms with Gasteiger partial charge in [0.1, 0.15) is 5.60 Å². The molecule has 1 aliphatic carbocycles. The van der Waals surface area contributed by atoms with Gasteiger partial charge >= 0.3 is 6.09 Å². The number of ether oxygens (including phenoxy) is 1. The van der Waals surface area contributed by atoms with Gasteiger partial charge in [-0.05, 0) is 52.4 Å². The molecule has 1 saturated carbocycles. The molecule has 126 valence electrons. The molecule has 0 aromatic rings. The van der Waals surface area contributed by atoms with E-state index in [9.17, 15) is 9.59 Å². The van der Waals surface area contributed by atoms with Gasteiger partial charge < -0.3 is 15.4 Å². The Kier molecular flexibility index (Phi) is 5.67. The molecule has 2 N–H and O–H groups in total. The van der Waals surface area contributed by atoms with E-state index in [2.05, 4.69) is 15.5 Å². The zero-order valence-electron chi connectivity index (χ0n) is 14.0. The van der Waals surface area contributed by atoms with Crippen LogP contribution in [-0.2, 0) is 9.53 Å². The third-order valence-corrected chi connectivity index (χ3v) is 3.96. The molecular formula is C16H29N3O3. The summed E-state index contributed by atoms with van der Waals surface area (Å²) in [5.74, 6) is 0.832. The lowest BCUT2D eigenvalue weighted by Gasteiger charge is -2.32. The molecule has 0 radical (unpaired) electrons. The van der Waals surface area contributed by atoms with Crippen molar-refractivity contribution in [2.24, 2.45) is 5.92 Å². The summed E-state index contributed by atoms with van der Waals surface area (Å²) in [7, 11) is 0. The van der Waals surface area contributed by atoms with Crippen LogP contribution in [0.2, 0.25) is 0 Å². The van der Waals surface area contributed by atoms with Crippen molar-refractivity contribution in [3.05, 3.63) is 0 Å². The van der Waals surface area contributed by atoms with Gasteiger partial charge in [0.15, 0.2) is 0 Å². The molecule has 0 atom stereocenters. The lowest BCUT2D eigenvalue weighted by atomic mass is 10.1. The second-order valence-corrected chi connectivity index (χ2v) is 7.44.